The zero-order chi connectivity index (χ0) is 102. The van der Waals surface area contributed by atoms with E-state index >= 15 is 0 Å². The average Bonchev–Trinajstić information content (AvgIpc) is 1.68. The molecule has 6 fully saturated rings. The number of nitrogens with two attached hydrogens (primary N) is 7. The maximum atomic E-state index is 9.89. The SMILES string of the molecule is COc1nc(N2CCC(C)(N)CC2)n2ccnc2c1-c1cccc(Cl)c1Cl.Cc1nc(N2CCC(C)(N)CC2)n2c(CN(C)C)cnc2c1-c1cccc(Cl)c1Cl.Cc1nc(N2CCC(C)(N)CC2)n2c(CO)cnc2c1-c1cccc(Cl)c1Cl.Cc1nc(N2CCC(C)(N)CC2)n2cc(CO)nc2c1-c1cccc(Cl)c1Cl.Nc1nccc(Sc2c(N)nc(N3CCC4(CCC[C@H]4N)CC3)n3ccnc23)c1Cl. The van der Waals surface area contributed by atoms with Gasteiger partial charge in [-0.25, -0.2) is 44.9 Å². The maximum Gasteiger partial charge on any atom is 0.228 e. The van der Waals surface area contributed by atoms with E-state index in [1.165, 1.54) is 24.6 Å². The Balaban J connectivity index is 0.000000123. The molecule has 42 heteroatoms. The Morgan fingerprint density at radius 2 is 0.811 bits per heavy atom. The largest absolute Gasteiger partial charge is 0.480 e. The Labute approximate surface area is 880 Å². The van der Waals surface area contributed by atoms with E-state index in [9.17, 15) is 10.2 Å². The second kappa shape index (κ2) is 42.9. The molecule has 0 radical (unpaired) electrons. The van der Waals surface area contributed by atoms with Crippen molar-refractivity contribution in [1.29, 1.82) is 0 Å². The molecule has 0 unspecified atom stereocenters. The molecule has 5 saturated heterocycles. The third-order valence-electron chi connectivity index (χ3n) is 28.4. The lowest BCUT2D eigenvalue weighted by Gasteiger charge is -2.42. The minimum Gasteiger partial charge on any atom is -0.480 e. The molecule has 1 saturated carbocycles. The third kappa shape index (κ3) is 21.7. The predicted molar refractivity (Wildman–Crippen MR) is 581 cm³/mol. The van der Waals surface area contributed by atoms with E-state index in [4.69, 9.17) is 179 Å². The Bertz CT molecular complexity index is 7130. The number of imidazole rings is 5. The van der Waals surface area contributed by atoms with Crippen LogP contribution in [0.4, 0.5) is 41.4 Å². The molecule has 1 atom stereocenters. The Morgan fingerprint density at radius 1 is 0.420 bits per heavy atom. The minimum atomic E-state index is -0.159. The molecule has 16 heterocycles. The van der Waals surface area contributed by atoms with Crippen molar-refractivity contribution in [3.63, 3.8) is 0 Å². The molecule has 4 aromatic carbocycles. The van der Waals surface area contributed by atoms with Crippen LogP contribution in [0.25, 0.3) is 72.7 Å². The van der Waals surface area contributed by atoms with Crippen molar-refractivity contribution >= 4 is 186 Å². The molecule has 32 nitrogen and oxygen atoms in total. The fourth-order valence-electron chi connectivity index (χ4n) is 19.9. The number of hydrogen-bond acceptors (Lipinski definition) is 28. The number of aliphatic hydroxyl groups excluding tert-OH is 2. The lowest BCUT2D eigenvalue weighted by atomic mass is 9.74. The standard InChI is InChI=1S/C22H28Cl2N6.2C20H23Cl2N5O.C20H25ClN8S.C19H21Cl2N5O/c1-14-18(16-6-5-7-17(23)19(16)24)20-26-12-15(13-28(3)4)30(20)21(27-14)29-10-8-22(2,25)9-11-29;1-12-16(14-4-3-5-15(21)17(14)22)18-25-13(11-28)10-27(18)19(24-12)26-8-6-20(2,23)7-9-26;1-12-16(14-4-3-5-15(21)17(14)22)18-24-10-13(11-28)27(18)19(25-12)26-8-6-20(2,23)7-9-26;21-14-12(3-7-25-16(14)23)30-15-17(24)27-19(29-11-8-26-18(15)29)28-9-5-20(6-10-28)4-1-2-13(20)22;1-19(22)6-9-25(10-7-19)18-24-17(27-2)14(16-23-8-11-26(16)18)12-4-3-5-13(20)15(12)21/h5-7,12H,8-11,13,25H2,1-4H3;2*3-5,10,28H,6-9,11,23H2,1-2H3;3,7-8,11,13H,1-2,4-6,9-10,22,24H2,(H2,23,25);3-5,8,11H,6-7,9-10,22H2,1-2H3/t;;;13-;/m...1./s1. The van der Waals surface area contributed by atoms with Crippen LogP contribution in [0.2, 0.25) is 45.2 Å². The quantitative estimate of drug-likeness (QED) is 0.0434. The van der Waals surface area contributed by atoms with E-state index in [-0.39, 0.29) is 41.2 Å². The van der Waals surface area contributed by atoms with Gasteiger partial charge in [0.25, 0.3) is 0 Å². The van der Waals surface area contributed by atoms with Crippen LogP contribution in [0.15, 0.2) is 138 Å². The number of nitrogen functional groups attached to an aromatic ring is 2. The summed E-state index contributed by atoms with van der Waals surface area (Å²) < 4.78 is 15.6. The molecule has 756 valence electrons. The first-order chi connectivity index (χ1) is 68.2. The van der Waals surface area contributed by atoms with Gasteiger partial charge < -0.3 is 84.5 Å². The van der Waals surface area contributed by atoms with Crippen molar-refractivity contribution in [3.8, 4) is 50.4 Å². The lowest BCUT2D eigenvalue weighted by Crippen LogP contribution is -2.49. The van der Waals surface area contributed by atoms with Gasteiger partial charge in [-0.05, 0) is 175 Å². The van der Waals surface area contributed by atoms with Crippen LogP contribution in [0, 0.1) is 26.2 Å². The van der Waals surface area contributed by atoms with E-state index in [2.05, 4.69) is 101 Å². The van der Waals surface area contributed by atoms with Gasteiger partial charge in [-0.3, -0.25) is 22.0 Å². The molecule has 0 bridgehead atoms. The number of methoxy groups -OCH3 is 1. The van der Waals surface area contributed by atoms with Crippen LogP contribution in [-0.2, 0) is 19.8 Å². The van der Waals surface area contributed by atoms with Gasteiger partial charge in [-0.2, -0.15) is 9.97 Å². The van der Waals surface area contributed by atoms with Crippen molar-refractivity contribution < 1.29 is 14.9 Å². The number of ether oxygens (including phenoxy) is 1. The molecule has 1 aliphatic carbocycles. The van der Waals surface area contributed by atoms with Gasteiger partial charge in [0.2, 0.25) is 35.6 Å². The second-order valence-corrected chi connectivity index (χ2v) is 44.1. The minimum absolute atomic E-state index is 0.125. The van der Waals surface area contributed by atoms with E-state index in [1.54, 1.807) is 56.2 Å². The number of rotatable bonds is 16. The van der Waals surface area contributed by atoms with Gasteiger partial charge >= 0.3 is 0 Å². The number of fused-ring (bicyclic) bond motifs is 5. The van der Waals surface area contributed by atoms with Crippen LogP contribution < -0.4 is 69.4 Å². The summed E-state index contributed by atoms with van der Waals surface area (Å²) in [6.45, 7) is 23.2. The van der Waals surface area contributed by atoms with Crippen LogP contribution in [-0.4, -0.2) is 207 Å². The second-order valence-electron chi connectivity index (χ2n) is 39.5. The first kappa shape index (κ1) is 105. The predicted octanol–water partition coefficient (Wildman–Crippen LogP) is 19.3. The number of hydrogen-bond donors (Lipinski definition) is 9. The van der Waals surface area contributed by atoms with Gasteiger partial charge in [0.15, 0.2) is 11.3 Å². The smallest absolute Gasteiger partial charge is 0.228 e. The van der Waals surface area contributed by atoms with Crippen molar-refractivity contribution in [1.82, 2.24) is 81.7 Å². The zero-order valence-electron chi connectivity index (χ0n) is 81.6. The van der Waals surface area contributed by atoms with Crippen LogP contribution in [0.3, 0.4) is 0 Å². The number of nitrogens with zero attached hydrogens (tertiary/aromatic N) is 22. The highest BCUT2D eigenvalue weighted by molar-refractivity contribution is 7.99. The first-order valence-corrected chi connectivity index (χ1v) is 52.0. The first-order valence-electron chi connectivity index (χ1n) is 47.7. The number of halogens is 9. The topological polar surface area (TPSA) is 415 Å². The van der Waals surface area contributed by atoms with Crippen LogP contribution in [0.1, 0.15) is 145 Å². The highest BCUT2D eigenvalue weighted by atomic mass is 35.5. The van der Waals surface area contributed by atoms with E-state index in [1.807, 2.05) is 118 Å². The fraction of sp³-hybridized carbons (Fsp3) is 0.416. The highest BCUT2D eigenvalue weighted by Crippen LogP contribution is 2.50. The maximum absolute atomic E-state index is 9.89. The summed E-state index contributed by atoms with van der Waals surface area (Å²) in [5.41, 5.74) is 58.6. The summed E-state index contributed by atoms with van der Waals surface area (Å²) in [5.74, 6) is 5.28. The number of pyridine rings is 1. The van der Waals surface area contributed by atoms with Gasteiger partial charge in [0.1, 0.15) is 28.6 Å². The van der Waals surface area contributed by atoms with Gasteiger partial charge in [-0.15, -0.1) is 0 Å². The molecule has 16 N–H and O–H groups in total. The molecule has 5 aliphatic heterocycles. The Morgan fingerprint density at radius 3 is 1.24 bits per heavy atom. The molecule has 1 spiro atoms. The summed E-state index contributed by atoms with van der Waals surface area (Å²) in [7, 11) is 5.70. The number of piperidine rings is 5. The molecular formula is C101H120Cl9N29O3S. The summed E-state index contributed by atoms with van der Waals surface area (Å²) in [4.78, 5) is 66.5. The number of aromatic nitrogens is 16. The van der Waals surface area contributed by atoms with Crippen molar-refractivity contribution in [2.24, 2.45) is 34.1 Å². The molecule has 0 amide bonds. The summed E-state index contributed by atoms with van der Waals surface area (Å²) in [6.07, 6.45) is 27.4. The van der Waals surface area contributed by atoms with Crippen molar-refractivity contribution in [3.05, 3.63) is 208 Å². The molecular weight excluding hydrogens is 2020 g/mol. The van der Waals surface area contributed by atoms with Gasteiger partial charge in [0, 0.05) is 181 Å². The number of aryl methyl sites for hydroxylation is 3. The van der Waals surface area contributed by atoms with Crippen LogP contribution >= 0.6 is 116 Å². The molecule has 6 aliphatic rings. The van der Waals surface area contributed by atoms with E-state index in [0.29, 0.717) is 91.0 Å². The number of anilines is 7. The van der Waals surface area contributed by atoms with E-state index in [0.717, 1.165) is 266 Å². The summed E-state index contributed by atoms with van der Waals surface area (Å²) in [5, 5.41) is 23.8. The average molecular weight is 2140 g/mol. The van der Waals surface area contributed by atoms with Crippen molar-refractivity contribution in [2.45, 2.75) is 190 Å². The third-order valence-corrected chi connectivity index (χ3v) is 33.3. The molecule has 21 rings (SSSR count). The summed E-state index contributed by atoms with van der Waals surface area (Å²) >= 11 is 58.8. The normalized spacial score (nSPS) is 17.6. The Hall–Kier alpha value is -9.83. The van der Waals surface area contributed by atoms with Crippen molar-refractivity contribution in [2.75, 3.05) is 123 Å². The van der Waals surface area contributed by atoms with Gasteiger partial charge in [0.05, 0.1) is 123 Å². The monoisotopic (exact) mass is 2130 g/mol. The molecule has 11 aromatic heterocycles. The highest BCUT2D eigenvalue weighted by Gasteiger charge is 2.44. The van der Waals surface area contributed by atoms with Crippen LogP contribution in [0.5, 0.6) is 5.88 Å². The summed E-state index contributed by atoms with van der Waals surface area (Å²) in [6, 6.07) is 24.3. The number of benzene rings is 4. The lowest BCUT2D eigenvalue weighted by molar-refractivity contribution is 0.197. The van der Waals surface area contributed by atoms with Gasteiger partial charge in [-0.1, -0.05) is 171 Å². The Kier molecular flexibility index (Phi) is 31.4. The van der Waals surface area contributed by atoms with E-state index < -0.39 is 0 Å². The fourth-order valence-corrected chi connectivity index (χ4v) is 22.6. The molecule has 143 heavy (non-hydrogen) atoms. The zero-order valence-corrected chi connectivity index (χ0v) is 89.2. The molecule has 15 aromatic rings. The number of aliphatic hydroxyl groups is 2.